The number of hydrogen-bond acceptors (Lipinski definition) is 0. The first-order chi connectivity index (χ1) is 21.4. The van der Waals surface area contributed by atoms with Gasteiger partial charge in [0.25, 0.3) is 0 Å². The molecule has 4 aromatic rings. The molecule has 0 amide bonds. The summed E-state index contributed by atoms with van der Waals surface area (Å²) in [6, 6.07) is 25.9. The van der Waals surface area contributed by atoms with Gasteiger partial charge in [-0.25, -0.2) is 0 Å². The van der Waals surface area contributed by atoms with E-state index < -0.39 is 0 Å². The van der Waals surface area contributed by atoms with E-state index in [4.69, 9.17) is 0 Å². The Morgan fingerprint density at radius 1 is 0.545 bits per heavy atom. The monoisotopic (exact) mass is 572 g/mol. The average molecular weight is 573 g/mol. The van der Waals surface area contributed by atoms with Crippen molar-refractivity contribution in [3.8, 4) is 23.7 Å². The van der Waals surface area contributed by atoms with Crippen LogP contribution in [0.25, 0.3) is 32.3 Å². The van der Waals surface area contributed by atoms with Gasteiger partial charge in [-0.05, 0) is 175 Å². The number of fused-ring (bicyclic) bond motifs is 4. The molecule has 0 spiro atoms. The van der Waals surface area contributed by atoms with Gasteiger partial charge in [0.05, 0.1) is 0 Å². The molecule has 8 aliphatic rings. The van der Waals surface area contributed by atoms with Gasteiger partial charge >= 0.3 is 0 Å². The molecule has 6 atom stereocenters. The molecule has 8 saturated carbocycles. The quantitative estimate of drug-likeness (QED) is 0.127. The second kappa shape index (κ2) is 8.52. The summed E-state index contributed by atoms with van der Waals surface area (Å²) >= 11 is 0. The van der Waals surface area contributed by atoms with Gasteiger partial charge in [0.2, 0.25) is 0 Å². The van der Waals surface area contributed by atoms with Crippen LogP contribution in [0, 0.1) is 63.1 Å². The highest BCUT2D eigenvalue weighted by atomic mass is 14.8. The molecule has 8 fully saturated rings. The lowest BCUT2D eigenvalue weighted by Gasteiger charge is -2.75. The van der Waals surface area contributed by atoms with Crippen molar-refractivity contribution in [3.63, 3.8) is 0 Å². The van der Waals surface area contributed by atoms with Gasteiger partial charge in [-0.15, -0.1) is 11.8 Å². The third kappa shape index (κ3) is 3.34. The van der Waals surface area contributed by atoms with Crippen molar-refractivity contribution in [1.29, 1.82) is 0 Å². The van der Waals surface area contributed by atoms with E-state index in [9.17, 15) is 0 Å². The molecule has 8 bridgehead atoms. The zero-order valence-corrected chi connectivity index (χ0v) is 26.6. The molecule has 0 radical (unpaired) electrons. The van der Waals surface area contributed by atoms with Gasteiger partial charge in [-0.3, -0.25) is 0 Å². The van der Waals surface area contributed by atoms with E-state index in [1.54, 1.807) is 5.56 Å². The summed E-state index contributed by atoms with van der Waals surface area (Å²) < 4.78 is 0. The van der Waals surface area contributed by atoms with Crippen LogP contribution in [0.5, 0.6) is 0 Å². The van der Waals surface area contributed by atoms with Gasteiger partial charge in [0.1, 0.15) is 0 Å². The lowest BCUT2D eigenvalue weighted by Crippen LogP contribution is -2.67. The van der Waals surface area contributed by atoms with Crippen molar-refractivity contribution in [3.05, 3.63) is 72.3 Å². The van der Waals surface area contributed by atoms with Crippen molar-refractivity contribution in [2.24, 2.45) is 39.4 Å². The molecule has 0 N–H and O–H groups in total. The van der Waals surface area contributed by atoms with Crippen LogP contribution in [-0.4, -0.2) is 0 Å². The second-order valence-electron chi connectivity index (χ2n) is 17.0. The summed E-state index contributed by atoms with van der Waals surface area (Å²) in [5.41, 5.74) is 3.16. The van der Waals surface area contributed by atoms with Crippen molar-refractivity contribution in [2.45, 2.75) is 96.3 Å². The van der Waals surface area contributed by atoms with Crippen LogP contribution in [0.2, 0.25) is 0 Å². The van der Waals surface area contributed by atoms with E-state index in [2.05, 4.69) is 104 Å². The van der Waals surface area contributed by atoms with Gasteiger partial charge in [0.15, 0.2) is 0 Å². The Labute approximate surface area is 263 Å². The lowest BCUT2D eigenvalue weighted by molar-refractivity contribution is -0.227. The summed E-state index contributed by atoms with van der Waals surface area (Å²) in [5, 5.41) is 8.47. The van der Waals surface area contributed by atoms with Crippen LogP contribution in [0.4, 0.5) is 0 Å². The SMILES string of the molecule is CC#CC12CC3CC(C1)CC(C14CC5CC(C#CC)(CC(c6cccc7ccc8cc9ccccc9cc8c67)(C5)C1)C4)(C3)C2. The van der Waals surface area contributed by atoms with Gasteiger partial charge < -0.3 is 0 Å². The van der Waals surface area contributed by atoms with Gasteiger partial charge in [-0.1, -0.05) is 66.4 Å². The zero-order valence-electron chi connectivity index (χ0n) is 26.6. The molecule has 0 saturated heterocycles. The van der Waals surface area contributed by atoms with E-state index in [0.717, 1.165) is 17.8 Å². The fraction of sp³-hybridized carbons (Fsp3) is 0.500. The molecule has 6 unspecified atom stereocenters. The molecule has 0 nitrogen and oxygen atoms in total. The van der Waals surface area contributed by atoms with Crippen molar-refractivity contribution >= 4 is 32.3 Å². The zero-order chi connectivity index (χ0) is 29.4. The number of hydrogen-bond donors (Lipinski definition) is 0. The van der Waals surface area contributed by atoms with Crippen LogP contribution >= 0.6 is 0 Å². The summed E-state index contributed by atoms with van der Waals surface area (Å²) in [6.07, 6.45) is 16.7. The Morgan fingerprint density at radius 2 is 1.20 bits per heavy atom. The van der Waals surface area contributed by atoms with E-state index >= 15 is 0 Å². The maximum Gasteiger partial charge on any atom is 0.0331 e. The smallest absolute Gasteiger partial charge is 0.0331 e. The summed E-state index contributed by atoms with van der Waals surface area (Å²) in [5.74, 6) is 17.5. The predicted octanol–water partition coefficient (Wildman–Crippen LogP) is 11.0. The molecular formula is C44H44. The minimum Gasteiger partial charge on any atom is -0.106 e. The van der Waals surface area contributed by atoms with Crippen LogP contribution < -0.4 is 0 Å². The topological polar surface area (TPSA) is 0 Å². The molecule has 220 valence electrons. The van der Waals surface area contributed by atoms with Crippen molar-refractivity contribution in [2.75, 3.05) is 0 Å². The molecule has 12 rings (SSSR count). The van der Waals surface area contributed by atoms with E-state index in [0.29, 0.717) is 10.8 Å². The Morgan fingerprint density at radius 3 is 2.00 bits per heavy atom. The molecular weight excluding hydrogens is 528 g/mol. The van der Waals surface area contributed by atoms with E-state index in [-0.39, 0.29) is 16.2 Å². The highest BCUT2D eigenvalue weighted by Crippen LogP contribution is 2.80. The number of benzene rings is 4. The minimum absolute atomic E-state index is 0.167. The maximum absolute atomic E-state index is 4.01. The van der Waals surface area contributed by atoms with Crippen LogP contribution in [-0.2, 0) is 5.41 Å². The third-order valence-corrected chi connectivity index (χ3v) is 14.3. The maximum atomic E-state index is 4.01. The van der Waals surface area contributed by atoms with Crippen molar-refractivity contribution < 1.29 is 0 Å². The highest BCUT2D eigenvalue weighted by molar-refractivity contribution is 6.13. The number of rotatable bonds is 2. The molecule has 0 heterocycles. The molecule has 0 aliphatic heterocycles. The average Bonchev–Trinajstić information content (AvgIpc) is 2.98. The summed E-state index contributed by atoms with van der Waals surface area (Å²) in [4.78, 5) is 0. The summed E-state index contributed by atoms with van der Waals surface area (Å²) in [7, 11) is 0. The fourth-order valence-electron chi connectivity index (χ4n) is 14.3. The highest BCUT2D eigenvalue weighted by Gasteiger charge is 2.72. The molecule has 0 heteroatoms. The first kappa shape index (κ1) is 26.0. The van der Waals surface area contributed by atoms with Crippen LogP contribution in [0.1, 0.15) is 96.5 Å². The van der Waals surface area contributed by atoms with E-state index in [1.165, 1.54) is 109 Å². The first-order valence-electron chi connectivity index (χ1n) is 17.6. The Kier molecular flexibility index (Phi) is 5.04. The van der Waals surface area contributed by atoms with Crippen molar-refractivity contribution in [1.82, 2.24) is 0 Å². The largest absolute Gasteiger partial charge is 0.106 e. The van der Waals surface area contributed by atoms with Gasteiger partial charge in [-0.2, -0.15) is 0 Å². The van der Waals surface area contributed by atoms with Crippen LogP contribution in [0.3, 0.4) is 0 Å². The predicted molar refractivity (Wildman–Crippen MR) is 183 cm³/mol. The summed E-state index contributed by atoms with van der Waals surface area (Å²) in [6.45, 7) is 4.22. The standard InChI is InChI=1S/C44H44/c1-3-14-40-19-30-16-31(20-40)24-43(23-30,27-40)44-25-32-21-41(28-44,15-4-2)26-42(22-32,29-44)38-11-7-10-33-12-13-36-17-34-8-5-6-9-35(34)18-37(36)39(33)38/h5-13,17-18,30-32H,16,19-29H2,1-2H3. The first-order valence-corrected chi connectivity index (χ1v) is 17.6. The molecule has 0 aromatic heterocycles. The molecule has 8 aliphatic carbocycles. The lowest BCUT2D eigenvalue weighted by atomic mass is 9.29. The molecule has 4 aromatic carbocycles. The van der Waals surface area contributed by atoms with Crippen LogP contribution in [0.15, 0.2) is 66.7 Å². The second-order valence-corrected chi connectivity index (χ2v) is 17.0. The Hall–Kier alpha value is -3.22. The fourth-order valence-corrected chi connectivity index (χ4v) is 14.3. The van der Waals surface area contributed by atoms with E-state index in [1.807, 2.05) is 0 Å². The Balaban J connectivity index is 1.21. The Bertz CT molecular complexity index is 2010. The van der Waals surface area contributed by atoms with Gasteiger partial charge in [0, 0.05) is 10.8 Å². The third-order valence-electron chi connectivity index (χ3n) is 14.3. The normalized spacial score (nSPS) is 41.1. The minimum atomic E-state index is 0.167. The molecule has 44 heavy (non-hydrogen) atoms.